The van der Waals surface area contributed by atoms with Gasteiger partial charge >= 0.3 is 6.09 Å². The fourth-order valence-electron chi connectivity index (χ4n) is 2.50. The summed E-state index contributed by atoms with van der Waals surface area (Å²) in [5.74, 6) is -0.134. The Bertz CT molecular complexity index is 916. The minimum absolute atomic E-state index is 0.134. The van der Waals surface area contributed by atoms with Gasteiger partial charge in [-0.3, -0.25) is 10.1 Å². The van der Waals surface area contributed by atoms with E-state index < -0.39 is 6.09 Å². The zero-order valence-electron chi connectivity index (χ0n) is 14.0. The fraction of sp³-hybridized carbons (Fsp3) is 0.158. The molecule has 1 aromatic heterocycles. The highest BCUT2D eigenvalue weighted by Crippen LogP contribution is 2.31. The van der Waals surface area contributed by atoms with Crippen LogP contribution in [0.15, 0.2) is 48.5 Å². The lowest BCUT2D eigenvalue weighted by atomic mass is 10.1. The van der Waals surface area contributed by atoms with Gasteiger partial charge in [0.15, 0.2) is 0 Å². The van der Waals surface area contributed by atoms with E-state index in [1.807, 2.05) is 31.2 Å². The molecule has 2 aromatic carbocycles. The Morgan fingerprint density at radius 2 is 1.64 bits per heavy atom. The number of anilines is 2. The van der Waals surface area contributed by atoms with Crippen molar-refractivity contribution in [3.8, 4) is 0 Å². The Balaban J connectivity index is 1.72. The van der Waals surface area contributed by atoms with Gasteiger partial charge in [0, 0.05) is 16.1 Å². The highest BCUT2D eigenvalue weighted by Gasteiger charge is 2.15. The van der Waals surface area contributed by atoms with E-state index in [-0.39, 0.29) is 5.91 Å². The summed E-state index contributed by atoms with van der Waals surface area (Å²) in [5, 5.41) is 6.61. The molecule has 2 amide bonds. The van der Waals surface area contributed by atoms with Crippen LogP contribution in [-0.4, -0.2) is 18.6 Å². The number of aryl methyl sites for hydroxylation is 1. The van der Waals surface area contributed by atoms with Crippen molar-refractivity contribution in [3.63, 3.8) is 0 Å². The molecule has 0 aliphatic carbocycles. The monoisotopic (exact) mass is 354 g/mol. The lowest BCUT2D eigenvalue weighted by molar-refractivity contribution is 0.103. The summed E-state index contributed by atoms with van der Waals surface area (Å²) < 4.78 is 5.92. The fourth-order valence-corrected chi connectivity index (χ4v) is 3.61. The number of benzene rings is 2. The molecule has 3 aromatic rings. The molecular weight excluding hydrogens is 336 g/mol. The van der Waals surface area contributed by atoms with Gasteiger partial charge in [0.25, 0.3) is 5.91 Å². The predicted octanol–water partition coefficient (Wildman–Crippen LogP) is 5.03. The van der Waals surface area contributed by atoms with Crippen LogP contribution in [0.25, 0.3) is 10.1 Å². The Hall–Kier alpha value is -2.86. The second kappa shape index (κ2) is 7.36. The van der Waals surface area contributed by atoms with E-state index in [1.54, 1.807) is 31.2 Å². The van der Waals surface area contributed by atoms with Gasteiger partial charge < -0.3 is 10.1 Å². The molecule has 0 saturated heterocycles. The van der Waals surface area contributed by atoms with Gasteiger partial charge in [0.1, 0.15) is 0 Å². The number of thiophene rings is 1. The summed E-state index contributed by atoms with van der Waals surface area (Å²) in [4.78, 5) is 24.6. The summed E-state index contributed by atoms with van der Waals surface area (Å²) in [6, 6.07) is 14.9. The zero-order chi connectivity index (χ0) is 17.8. The average molecular weight is 354 g/mol. The van der Waals surface area contributed by atoms with E-state index in [2.05, 4.69) is 10.6 Å². The van der Waals surface area contributed by atoms with Gasteiger partial charge in [-0.15, -0.1) is 11.3 Å². The van der Waals surface area contributed by atoms with Crippen molar-refractivity contribution in [2.45, 2.75) is 13.8 Å². The normalized spacial score (nSPS) is 10.5. The van der Waals surface area contributed by atoms with Crippen LogP contribution in [0.1, 0.15) is 22.2 Å². The Kier molecular flexibility index (Phi) is 5.00. The summed E-state index contributed by atoms with van der Waals surface area (Å²) in [6.45, 7) is 4.02. The molecule has 6 heteroatoms. The van der Waals surface area contributed by atoms with Crippen molar-refractivity contribution in [3.05, 3.63) is 59.0 Å². The second-order valence-corrected chi connectivity index (χ2v) is 6.48. The first-order valence-corrected chi connectivity index (χ1v) is 8.73. The molecule has 2 N–H and O–H groups in total. The van der Waals surface area contributed by atoms with Crippen LogP contribution in [0.2, 0.25) is 0 Å². The van der Waals surface area contributed by atoms with E-state index >= 15 is 0 Å². The smallest absolute Gasteiger partial charge is 0.411 e. The molecule has 0 spiro atoms. The van der Waals surface area contributed by atoms with Crippen molar-refractivity contribution in [1.29, 1.82) is 0 Å². The summed E-state index contributed by atoms with van der Waals surface area (Å²) in [6.07, 6.45) is -0.500. The van der Waals surface area contributed by atoms with Crippen LogP contribution < -0.4 is 10.6 Å². The number of carbonyl (C=O) groups excluding carboxylic acids is 2. The maximum atomic E-state index is 12.6. The first-order valence-electron chi connectivity index (χ1n) is 7.92. The highest BCUT2D eigenvalue weighted by atomic mass is 32.1. The molecule has 25 heavy (non-hydrogen) atoms. The molecular formula is C19H18N2O3S. The molecule has 0 atom stereocenters. The van der Waals surface area contributed by atoms with E-state index in [4.69, 9.17) is 4.74 Å². The first-order chi connectivity index (χ1) is 12.1. The number of nitrogens with one attached hydrogen (secondary N) is 2. The molecule has 0 saturated carbocycles. The highest BCUT2D eigenvalue weighted by molar-refractivity contribution is 7.21. The van der Waals surface area contributed by atoms with Gasteiger partial charge in [-0.2, -0.15) is 0 Å². The van der Waals surface area contributed by atoms with Gasteiger partial charge in [-0.05, 0) is 55.1 Å². The van der Waals surface area contributed by atoms with Crippen LogP contribution in [0, 0.1) is 6.92 Å². The van der Waals surface area contributed by atoms with Crippen molar-refractivity contribution in [1.82, 2.24) is 0 Å². The molecule has 3 rings (SSSR count). The third-order valence-electron chi connectivity index (χ3n) is 3.71. The summed E-state index contributed by atoms with van der Waals surface area (Å²) >= 11 is 1.48. The molecule has 0 aliphatic rings. The van der Waals surface area contributed by atoms with Crippen LogP contribution in [-0.2, 0) is 4.74 Å². The minimum atomic E-state index is -0.500. The van der Waals surface area contributed by atoms with Crippen LogP contribution in [0.4, 0.5) is 16.2 Å². The number of carbonyl (C=O) groups is 2. The van der Waals surface area contributed by atoms with E-state index in [9.17, 15) is 9.59 Å². The van der Waals surface area contributed by atoms with Gasteiger partial charge in [-0.1, -0.05) is 18.2 Å². The third-order valence-corrected chi connectivity index (χ3v) is 4.99. The van der Waals surface area contributed by atoms with Gasteiger partial charge in [0.05, 0.1) is 11.5 Å². The van der Waals surface area contributed by atoms with Crippen LogP contribution >= 0.6 is 11.3 Å². The molecule has 0 unspecified atom stereocenters. The Labute approximate surface area is 149 Å². The minimum Gasteiger partial charge on any atom is -0.450 e. The maximum absolute atomic E-state index is 12.6. The molecule has 128 valence electrons. The largest absolute Gasteiger partial charge is 0.450 e. The van der Waals surface area contributed by atoms with Crippen molar-refractivity contribution < 1.29 is 14.3 Å². The quantitative estimate of drug-likeness (QED) is 0.690. The zero-order valence-corrected chi connectivity index (χ0v) is 14.8. The van der Waals surface area contributed by atoms with Gasteiger partial charge in [0.2, 0.25) is 0 Å². The summed E-state index contributed by atoms with van der Waals surface area (Å²) in [7, 11) is 0. The molecule has 5 nitrogen and oxygen atoms in total. The third kappa shape index (κ3) is 3.80. The molecule has 0 fully saturated rings. The Morgan fingerprint density at radius 3 is 2.28 bits per heavy atom. The molecule has 0 radical (unpaired) electrons. The standard InChI is InChI=1S/C19H18N2O3S/c1-3-24-19(23)21-14-10-8-13(9-11-14)20-18(22)17-12(2)15-6-4-5-7-16(15)25-17/h4-11H,3H2,1-2H3,(H,20,22)(H,21,23). The van der Waals surface area contributed by atoms with E-state index in [1.165, 1.54) is 11.3 Å². The number of hydrogen-bond donors (Lipinski definition) is 2. The lowest BCUT2D eigenvalue weighted by Gasteiger charge is -2.07. The topological polar surface area (TPSA) is 67.4 Å². The first kappa shape index (κ1) is 17.0. The number of ether oxygens (including phenoxy) is 1. The number of rotatable bonds is 4. The van der Waals surface area contributed by atoms with Crippen molar-refractivity contribution in [2.24, 2.45) is 0 Å². The van der Waals surface area contributed by atoms with Gasteiger partial charge in [-0.25, -0.2) is 4.79 Å². The predicted molar refractivity (Wildman–Crippen MR) is 102 cm³/mol. The van der Waals surface area contributed by atoms with Crippen LogP contribution in [0.3, 0.4) is 0 Å². The summed E-state index contributed by atoms with van der Waals surface area (Å²) in [5.41, 5.74) is 2.25. The van der Waals surface area contributed by atoms with Crippen LogP contribution in [0.5, 0.6) is 0 Å². The Morgan fingerprint density at radius 1 is 1.00 bits per heavy atom. The average Bonchev–Trinajstić information content (AvgIpc) is 2.94. The number of fused-ring (bicyclic) bond motifs is 1. The maximum Gasteiger partial charge on any atom is 0.411 e. The van der Waals surface area contributed by atoms with Crippen molar-refractivity contribution in [2.75, 3.05) is 17.2 Å². The number of amides is 2. The number of hydrogen-bond acceptors (Lipinski definition) is 4. The van der Waals surface area contributed by atoms with Crippen molar-refractivity contribution >= 4 is 44.8 Å². The molecule has 0 bridgehead atoms. The molecule has 1 heterocycles. The lowest BCUT2D eigenvalue weighted by Crippen LogP contribution is -2.14. The molecule has 0 aliphatic heterocycles. The van der Waals surface area contributed by atoms with E-state index in [0.29, 0.717) is 22.9 Å². The van der Waals surface area contributed by atoms with E-state index in [0.717, 1.165) is 15.6 Å². The second-order valence-electron chi connectivity index (χ2n) is 5.43. The SMILES string of the molecule is CCOC(=O)Nc1ccc(NC(=O)c2sc3ccccc3c2C)cc1.